The number of hydrogen-bond donors (Lipinski definition) is 1. The molecule has 0 aliphatic heterocycles. The van der Waals surface area contributed by atoms with Gasteiger partial charge >= 0.3 is 5.97 Å². The monoisotopic (exact) mass is 482 g/mol. The van der Waals surface area contributed by atoms with Gasteiger partial charge in [0.15, 0.2) is 6.61 Å². The van der Waals surface area contributed by atoms with Gasteiger partial charge in [0.2, 0.25) is 0 Å². The van der Waals surface area contributed by atoms with Crippen LogP contribution in [-0.2, 0) is 20.9 Å². The average molecular weight is 483 g/mol. The zero-order chi connectivity index (χ0) is 24.5. The van der Waals surface area contributed by atoms with Crippen LogP contribution in [0.25, 0.3) is 0 Å². The van der Waals surface area contributed by atoms with Crippen molar-refractivity contribution in [2.45, 2.75) is 19.0 Å². The third-order valence-corrected chi connectivity index (χ3v) is 5.51. The normalized spacial score (nSPS) is 11.4. The summed E-state index contributed by atoms with van der Waals surface area (Å²) in [4.78, 5) is 38.8. The molecule has 0 heterocycles. The molecule has 3 aromatic carbocycles. The maximum Gasteiger partial charge on any atom is 0.308 e. The Balaban J connectivity index is 1.59. The Morgan fingerprint density at radius 1 is 0.971 bits per heavy atom. The molecule has 176 valence electrons. The van der Waals surface area contributed by atoms with Crippen LogP contribution in [0.5, 0.6) is 0 Å². The minimum atomic E-state index is -0.659. The molecule has 0 saturated carbocycles. The van der Waals surface area contributed by atoms with Gasteiger partial charge in [-0.15, -0.1) is 0 Å². The molecule has 0 bridgehead atoms. The number of nitrogens with one attached hydrogen (secondary N) is 1. The summed E-state index contributed by atoms with van der Waals surface area (Å²) in [5.41, 5.74) is 1.36. The molecule has 0 aromatic heterocycles. The highest BCUT2D eigenvalue weighted by Gasteiger charge is 2.22. The van der Waals surface area contributed by atoms with Crippen LogP contribution in [0, 0.1) is 5.82 Å². The molecule has 1 unspecified atom stereocenters. The van der Waals surface area contributed by atoms with Crippen LogP contribution in [0.4, 0.5) is 4.39 Å². The fourth-order valence-corrected chi connectivity index (χ4v) is 3.48. The van der Waals surface area contributed by atoms with E-state index in [9.17, 15) is 18.8 Å². The second-order valence-electron chi connectivity index (χ2n) is 7.62. The van der Waals surface area contributed by atoms with Gasteiger partial charge in [-0.25, -0.2) is 4.39 Å². The minimum absolute atomic E-state index is 0.0678. The van der Waals surface area contributed by atoms with E-state index in [0.29, 0.717) is 5.56 Å². The van der Waals surface area contributed by atoms with E-state index in [0.717, 1.165) is 5.56 Å². The van der Waals surface area contributed by atoms with Gasteiger partial charge in [0.25, 0.3) is 11.8 Å². The maximum atomic E-state index is 14.0. The highest BCUT2D eigenvalue weighted by atomic mass is 35.5. The summed E-state index contributed by atoms with van der Waals surface area (Å²) in [5.74, 6) is -2.03. The van der Waals surface area contributed by atoms with E-state index in [-0.39, 0.29) is 29.5 Å². The number of nitrogens with zero attached hydrogens (tertiary/aromatic N) is 1. The lowest BCUT2D eigenvalue weighted by atomic mass is 10.0. The number of hydrogen-bond acceptors (Lipinski definition) is 4. The summed E-state index contributed by atoms with van der Waals surface area (Å²) in [6.07, 6.45) is -0.168. The van der Waals surface area contributed by atoms with Crippen molar-refractivity contribution in [2.75, 3.05) is 13.7 Å². The number of ether oxygens (including phenoxy) is 1. The lowest BCUT2D eigenvalue weighted by Crippen LogP contribution is -2.33. The predicted octanol–water partition coefficient (Wildman–Crippen LogP) is 4.54. The largest absolute Gasteiger partial charge is 0.455 e. The summed E-state index contributed by atoms with van der Waals surface area (Å²) < 4.78 is 19.1. The van der Waals surface area contributed by atoms with Gasteiger partial charge in [-0.05, 0) is 29.8 Å². The van der Waals surface area contributed by atoms with Crippen molar-refractivity contribution < 1.29 is 23.5 Å². The minimum Gasteiger partial charge on any atom is -0.455 e. The number of rotatable bonds is 9. The van der Waals surface area contributed by atoms with Crippen molar-refractivity contribution in [1.29, 1.82) is 0 Å². The standard InChI is InChI=1S/C26H24ClFN2O4/c1-30(16-20-21(27)13-8-14-22(20)28)24(31)17-34-25(32)15-23(18-9-4-2-5-10-18)29-26(33)19-11-6-3-7-12-19/h2-14,23H,15-17H2,1H3,(H,29,33). The smallest absolute Gasteiger partial charge is 0.308 e. The molecule has 1 N–H and O–H groups in total. The second kappa shape index (κ2) is 12.0. The highest BCUT2D eigenvalue weighted by Crippen LogP contribution is 2.21. The number of benzene rings is 3. The van der Waals surface area contributed by atoms with Gasteiger partial charge < -0.3 is 15.0 Å². The van der Waals surface area contributed by atoms with Crippen LogP contribution in [0.3, 0.4) is 0 Å². The molecular formula is C26H24ClFN2O4. The van der Waals surface area contributed by atoms with E-state index in [1.807, 2.05) is 6.07 Å². The molecule has 3 rings (SSSR count). The molecule has 8 heteroatoms. The molecular weight excluding hydrogens is 459 g/mol. The van der Waals surface area contributed by atoms with Crippen molar-refractivity contribution in [2.24, 2.45) is 0 Å². The molecule has 0 spiro atoms. The fraction of sp³-hybridized carbons (Fsp3) is 0.192. The van der Waals surface area contributed by atoms with E-state index in [1.165, 1.54) is 30.1 Å². The molecule has 0 aliphatic rings. The Kier molecular flexibility index (Phi) is 8.76. The SMILES string of the molecule is CN(Cc1c(F)cccc1Cl)C(=O)COC(=O)CC(NC(=O)c1ccccc1)c1ccccc1. The number of likely N-dealkylation sites (N-methyl/N-ethyl adjacent to an activating group) is 1. The zero-order valence-electron chi connectivity index (χ0n) is 18.5. The first-order chi connectivity index (χ1) is 16.3. The first-order valence-corrected chi connectivity index (χ1v) is 11.0. The number of esters is 1. The van der Waals surface area contributed by atoms with Crippen molar-refractivity contribution in [3.63, 3.8) is 0 Å². The zero-order valence-corrected chi connectivity index (χ0v) is 19.3. The molecule has 6 nitrogen and oxygen atoms in total. The third kappa shape index (κ3) is 6.89. The van der Waals surface area contributed by atoms with Crippen molar-refractivity contribution >= 4 is 29.4 Å². The lowest BCUT2D eigenvalue weighted by Gasteiger charge is -2.20. The number of carbonyl (C=O) groups is 3. The van der Waals surface area contributed by atoms with Crippen molar-refractivity contribution in [3.8, 4) is 0 Å². The second-order valence-corrected chi connectivity index (χ2v) is 8.02. The van der Waals surface area contributed by atoms with E-state index in [4.69, 9.17) is 16.3 Å². The van der Waals surface area contributed by atoms with E-state index in [1.54, 1.807) is 54.6 Å². The fourth-order valence-electron chi connectivity index (χ4n) is 3.26. The molecule has 1 atom stereocenters. The van der Waals surface area contributed by atoms with Gasteiger partial charge in [0.1, 0.15) is 5.82 Å². The van der Waals surface area contributed by atoms with Crippen LogP contribution in [0.1, 0.15) is 33.9 Å². The number of carbonyl (C=O) groups excluding carboxylic acids is 3. The molecule has 0 radical (unpaired) electrons. The van der Waals surface area contributed by atoms with Gasteiger partial charge in [0, 0.05) is 29.7 Å². The first-order valence-electron chi connectivity index (χ1n) is 10.6. The van der Waals surface area contributed by atoms with E-state index < -0.39 is 30.3 Å². The van der Waals surface area contributed by atoms with Crippen LogP contribution >= 0.6 is 11.6 Å². The number of halogens is 2. The molecule has 2 amide bonds. The average Bonchev–Trinajstić information content (AvgIpc) is 2.85. The van der Waals surface area contributed by atoms with Crippen LogP contribution in [0.2, 0.25) is 5.02 Å². The molecule has 0 fully saturated rings. The Morgan fingerprint density at radius 3 is 2.26 bits per heavy atom. The Hall–Kier alpha value is -3.71. The predicted molar refractivity (Wildman–Crippen MR) is 127 cm³/mol. The Morgan fingerprint density at radius 2 is 1.62 bits per heavy atom. The summed E-state index contributed by atoms with van der Waals surface area (Å²) in [5, 5.41) is 3.05. The summed E-state index contributed by atoms with van der Waals surface area (Å²) in [7, 11) is 1.46. The highest BCUT2D eigenvalue weighted by molar-refractivity contribution is 6.31. The van der Waals surface area contributed by atoms with Crippen LogP contribution in [0.15, 0.2) is 78.9 Å². The summed E-state index contributed by atoms with van der Waals surface area (Å²) in [6.45, 7) is -0.586. The third-order valence-electron chi connectivity index (χ3n) is 5.15. The molecule has 3 aromatic rings. The molecule has 0 aliphatic carbocycles. The maximum absolute atomic E-state index is 14.0. The van der Waals surface area contributed by atoms with Crippen LogP contribution < -0.4 is 5.32 Å². The summed E-state index contributed by atoms with van der Waals surface area (Å²) >= 11 is 6.01. The Bertz CT molecular complexity index is 1120. The lowest BCUT2D eigenvalue weighted by molar-refractivity contribution is -0.152. The number of amides is 2. The van der Waals surface area contributed by atoms with Gasteiger partial charge in [-0.1, -0.05) is 66.2 Å². The van der Waals surface area contributed by atoms with E-state index >= 15 is 0 Å². The molecule has 34 heavy (non-hydrogen) atoms. The van der Waals surface area contributed by atoms with Gasteiger partial charge in [-0.2, -0.15) is 0 Å². The van der Waals surface area contributed by atoms with E-state index in [2.05, 4.69) is 5.32 Å². The van der Waals surface area contributed by atoms with Crippen molar-refractivity contribution in [3.05, 3.63) is 106 Å². The Labute approximate surface area is 202 Å². The molecule has 0 saturated heterocycles. The van der Waals surface area contributed by atoms with Crippen LogP contribution in [-0.4, -0.2) is 36.3 Å². The summed E-state index contributed by atoms with van der Waals surface area (Å²) in [6, 6.07) is 21.3. The van der Waals surface area contributed by atoms with Crippen molar-refractivity contribution in [1.82, 2.24) is 10.2 Å². The first kappa shape index (κ1) is 24.9. The van der Waals surface area contributed by atoms with Gasteiger partial charge in [-0.3, -0.25) is 14.4 Å². The topological polar surface area (TPSA) is 75.7 Å². The van der Waals surface area contributed by atoms with Gasteiger partial charge in [0.05, 0.1) is 12.5 Å². The quantitative estimate of drug-likeness (QED) is 0.454.